The number of carbonyl (C=O) groups excluding carboxylic acids is 1. The maximum absolute atomic E-state index is 13.0. The molecular weight excluding hydrogens is 394 g/mol. The van der Waals surface area contributed by atoms with Crippen LogP contribution in [0.2, 0.25) is 0 Å². The highest BCUT2D eigenvalue weighted by Gasteiger charge is 2.37. The summed E-state index contributed by atoms with van der Waals surface area (Å²) in [6.07, 6.45) is 2.09. The molecule has 0 saturated carbocycles. The number of carbonyl (C=O) groups is 1. The molecule has 154 valence electrons. The largest absolute Gasteiger partial charge is 0.497 e. The van der Waals surface area contributed by atoms with Crippen molar-refractivity contribution in [1.29, 1.82) is 0 Å². The van der Waals surface area contributed by atoms with Crippen molar-refractivity contribution in [2.24, 2.45) is 5.92 Å². The first kappa shape index (κ1) is 19.7. The number of piperidine rings is 1. The fourth-order valence-corrected chi connectivity index (χ4v) is 5.14. The standard InChI is InChI=1S/C20H23N3O5S/c1-28-16-5-3-14(4-6-16)19(24)21-17-7-8-18-15-9-13(11-23(18)20(17)25)10-22(12-15)29(2,26)27/h3-8,13,15H,9-12H2,1-2H3,(H,21,24)/t13-,15-/m1/s1. The third-order valence-corrected chi connectivity index (χ3v) is 6.88. The summed E-state index contributed by atoms with van der Waals surface area (Å²) in [4.78, 5) is 25.5. The van der Waals surface area contributed by atoms with Crippen LogP contribution in [0.3, 0.4) is 0 Å². The van der Waals surface area contributed by atoms with Crippen LogP contribution in [-0.2, 0) is 16.6 Å². The Morgan fingerprint density at radius 3 is 2.48 bits per heavy atom. The molecule has 2 bridgehead atoms. The van der Waals surface area contributed by atoms with Gasteiger partial charge in [0.1, 0.15) is 11.4 Å². The summed E-state index contributed by atoms with van der Waals surface area (Å²) in [6.45, 7) is 1.25. The van der Waals surface area contributed by atoms with Crippen LogP contribution in [0.15, 0.2) is 41.2 Å². The van der Waals surface area contributed by atoms with E-state index in [9.17, 15) is 18.0 Å². The van der Waals surface area contributed by atoms with Crippen LogP contribution in [0, 0.1) is 5.92 Å². The van der Waals surface area contributed by atoms with E-state index in [1.807, 2.05) is 6.07 Å². The van der Waals surface area contributed by atoms with Crippen LogP contribution in [0.25, 0.3) is 0 Å². The number of anilines is 1. The van der Waals surface area contributed by atoms with Gasteiger partial charge in [-0.2, -0.15) is 0 Å². The number of hydrogen-bond donors (Lipinski definition) is 1. The van der Waals surface area contributed by atoms with E-state index in [0.29, 0.717) is 30.9 Å². The van der Waals surface area contributed by atoms with Crippen molar-refractivity contribution >= 4 is 21.6 Å². The molecule has 2 aromatic rings. The number of pyridine rings is 1. The van der Waals surface area contributed by atoms with Crippen LogP contribution in [0.1, 0.15) is 28.4 Å². The molecule has 2 atom stereocenters. The van der Waals surface area contributed by atoms with E-state index in [4.69, 9.17) is 4.74 Å². The van der Waals surface area contributed by atoms with E-state index in [2.05, 4.69) is 5.32 Å². The highest BCUT2D eigenvalue weighted by Crippen LogP contribution is 2.36. The first-order chi connectivity index (χ1) is 13.8. The molecule has 0 aliphatic carbocycles. The van der Waals surface area contributed by atoms with Crippen LogP contribution in [-0.4, -0.2) is 49.7 Å². The number of rotatable bonds is 4. The number of hydrogen-bond acceptors (Lipinski definition) is 5. The Bertz CT molecular complexity index is 1110. The Kier molecular flexibility index (Phi) is 4.95. The van der Waals surface area contributed by atoms with Gasteiger partial charge in [0, 0.05) is 36.8 Å². The van der Waals surface area contributed by atoms with Gasteiger partial charge in [-0.1, -0.05) is 0 Å². The number of benzene rings is 1. The van der Waals surface area contributed by atoms with Crippen LogP contribution < -0.4 is 15.6 Å². The van der Waals surface area contributed by atoms with Crippen molar-refractivity contribution in [1.82, 2.24) is 8.87 Å². The Labute approximate surface area is 169 Å². The van der Waals surface area contributed by atoms with Crippen LogP contribution in [0.4, 0.5) is 5.69 Å². The van der Waals surface area contributed by atoms with Crippen molar-refractivity contribution in [2.45, 2.75) is 18.9 Å². The fraction of sp³-hybridized carbons (Fsp3) is 0.400. The van der Waals surface area contributed by atoms with E-state index >= 15 is 0 Å². The number of amides is 1. The maximum atomic E-state index is 13.0. The lowest BCUT2D eigenvalue weighted by Crippen LogP contribution is -2.49. The van der Waals surface area contributed by atoms with Crippen molar-refractivity contribution in [3.8, 4) is 5.75 Å². The Balaban J connectivity index is 1.59. The van der Waals surface area contributed by atoms with Crippen molar-refractivity contribution in [3.63, 3.8) is 0 Å². The summed E-state index contributed by atoms with van der Waals surface area (Å²) in [5.41, 5.74) is 1.21. The second kappa shape index (κ2) is 7.31. The van der Waals surface area contributed by atoms with Crippen molar-refractivity contribution in [3.05, 3.63) is 58.0 Å². The predicted octanol–water partition coefficient (Wildman–Crippen LogP) is 1.49. The van der Waals surface area contributed by atoms with Gasteiger partial charge >= 0.3 is 0 Å². The molecule has 2 aliphatic rings. The van der Waals surface area contributed by atoms with Gasteiger partial charge in [0.15, 0.2) is 0 Å². The molecule has 3 heterocycles. The smallest absolute Gasteiger partial charge is 0.274 e. The first-order valence-electron chi connectivity index (χ1n) is 9.40. The average Bonchev–Trinajstić information content (AvgIpc) is 2.69. The van der Waals surface area contributed by atoms with Crippen molar-refractivity contribution in [2.75, 3.05) is 31.8 Å². The lowest BCUT2D eigenvalue weighted by atomic mass is 9.84. The summed E-state index contributed by atoms with van der Waals surface area (Å²) in [7, 11) is -1.71. The molecule has 0 spiro atoms. The molecule has 1 fully saturated rings. The molecule has 2 aliphatic heterocycles. The molecule has 29 heavy (non-hydrogen) atoms. The van der Waals surface area contributed by atoms with Crippen LogP contribution >= 0.6 is 0 Å². The first-order valence-corrected chi connectivity index (χ1v) is 11.3. The minimum absolute atomic E-state index is 0.0173. The minimum Gasteiger partial charge on any atom is -0.497 e. The molecule has 8 nitrogen and oxygen atoms in total. The Morgan fingerprint density at radius 2 is 1.83 bits per heavy atom. The number of nitrogens with one attached hydrogen (secondary N) is 1. The molecule has 1 aromatic carbocycles. The fourth-order valence-electron chi connectivity index (χ4n) is 4.20. The van der Waals surface area contributed by atoms with Gasteiger partial charge in [-0.05, 0) is 48.7 Å². The molecule has 0 radical (unpaired) electrons. The zero-order valence-corrected chi connectivity index (χ0v) is 17.1. The molecule has 0 unspecified atom stereocenters. The Hall–Kier alpha value is -2.65. The molecule has 4 rings (SSSR count). The highest BCUT2D eigenvalue weighted by atomic mass is 32.2. The number of nitrogens with zero attached hydrogens (tertiary/aromatic N) is 2. The number of sulfonamides is 1. The molecular formula is C20H23N3O5S. The topological polar surface area (TPSA) is 97.7 Å². The highest BCUT2D eigenvalue weighted by molar-refractivity contribution is 7.88. The maximum Gasteiger partial charge on any atom is 0.274 e. The van der Waals surface area contributed by atoms with Gasteiger partial charge in [-0.3, -0.25) is 9.59 Å². The lowest BCUT2D eigenvalue weighted by Gasteiger charge is -2.41. The average molecular weight is 417 g/mol. The molecule has 1 N–H and O–H groups in total. The molecule has 1 saturated heterocycles. The zero-order valence-electron chi connectivity index (χ0n) is 16.3. The number of methoxy groups -OCH3 is 1. The molecule has 1 aromatic heterocycles. The third-order valence-electron chi connectivity index (χ3n) is 5.64. The molecule has 9 heteroatoms. The summed E-state index contributed by atoms with van der Waals surface area (Å²) < 4.78 is 32.2. The van der Waals surface area contributed by atoms with Gasteiger partial charge in [0.25, 0.3) is 11.5 Å². The Morgan fingerprint density at radius 1 is 1.10 bits per heavy atom. The van der Waals surface area contributed by atoms with Crippen molar-refractivity contribution < 1.29 is 17.9 Å². The summed E-state index contributed by atoms with van der Waals surface area (Å²) in [5, 5.41) is 2.69. The minimum atomic E-state index is -3.26. The van der Waals surface area contributed by atoms with Gasteiger partial charge in [-0.15, -0.1) is 0 Å². The van der Waals surface area contributed by atoms with E-state index < -0.39 is 10.0 Å². The number of aromatic nitrogens is 1. The van der Waals surface area contributed by atoms with Gasteiger partial charge in [-0.25, -0.2) is 12.7 Å². The second-order valence-corrected chi connectivity index (χ2v) is 9.63. The van der Waals surface area contributed by atoms with Gasteiger partial charge in [0.05, 0.1) is 13.4 Å². The SMILES string of the molecule is COc1ccc(C(=O)Nc2ccc3n(c2=O)C[C@@H]2C[C@@H]3CN(S(C)(=O)=O)C2)cc1. The van der Waals surface area contributed by atoms with Gasteiger partial charge in [0.2, 0.25) is 10.0 Å². The normalized spacial score (nSPS) is 21.3. The van der Waals surface area contributed by atoms with E-state index in [1.165, 1.54) is 10.6 Å². The predicted molar refractivity (Wildman–Crippen MR) is 109 cm³/mol. The second-order valence-electron chi connectivity index (χ2n) is 7.65. The number of fused-ring (bicyclic) bond motifs is 4. The van der Waals surface area contributed by atoms with Gasteiger partial charge < -0.3 is 14.6 Å². The summed E-state index contributed by atoms with van der Waals surface area (Å²) in [5.74, 6) is 0.340. The summed E-state index contributed by atoms with van der Waals surface area (Å²) in [6, 6.07) is 10.1. The van der Waals surface area contributed by atoms with E-state index in [0.717, 1.165) is 12.1 Å². The third kappa shape index (κ3) is 3.79. The van der Waals surface area contributed by atoms with Crippen LogP contribution in [0.5, 0.6) is 5.75 Å². The quantitative estimate of drug-likeness (QED) is 0.813. The lowest BCUT2D eigenvalue weighted by molar-refractivity contribution is 0.102. The zero-order chi connectivity index (χ0) is 20.8. The van der Waals surface area contributed by atoms with E-state index in [-0.39, 0.29) is 29.0 Å². The number of ether oxygens (including phenoxy) is 1. The van der Waals surface area contributed by atoms with E-state index in [1.54, 1.807) is 42.0 Å². The molecule has 1 amide bonds. The summed E-state index contributed by atoms with van der Waals surface area (Å²) >= 11 is 0. The monoisotopic (exact) mass is 417 g/mol.